The molecular weight excluding hydrogens is 226 g/mol. The molecule has 1 aromatic carbocycles. The van der Waals surface area contributed by atoms with Crippen LogP contribution in [0.5, 0.6) is 11.5 Å². The van der Waals surface area contributed by atoms with E-state index in [4.69, 9.17) is 9.47 Å². The molecule has 0 amide bonds. The van der Waals surface area contributed by atoms with E-state index in [0.29, 0.717) is 11.3 Å². The van der Waals surface area contributed by atoms with Gasteiger partial charge in [-0.25, -0.2) is 0 Å². The minimum atomic E-state index is -0.519. The van der Waals surface area contributed by atoms with Crippen molar-refractivity contribution in [3.05, 3.63) is 27.8 Å². The smallest absolute Gasteiger partial charge is 0.311 e. The van der Waals surface area contributed by atoms with E-state index in [-0.39, 0.29) is 11.4 Å². The summed E-state index contributed by atoms with van der Waals surface area (Å²) in [5.74, 6) is 0.597. The second-order valence-electron chi connectivity index (χ2n) is 3.00. The molecule has 0 aliphatic heterocycles. The molecule has 0 spiro atoms. The molecule has 1 rings (SSSR count). The Labute approximate surface area is 98.2 Å². The van der Waals surface area contributed by atoms with Crippen LogP contribution in [0.1, 0.15) is 5.56 Å². The van der Waals surface area contributed by atoms with Crippen LogP contribution in [0.2, 0.25) is 0 Å². The highest BCUT2D eigenvalue weighted by molar-refractivity contribution is 5.85. The third-order valence-electron chi connectivity index (χ3n) is 2.06. The zero-order chi connectivity index (χ0) is 12.8. The van der Waals surface area contributed by atoms with Crippen LogP contribution in [0.25, 0.3) is 0 Å². The molecule has 0 aliphatic rings. The van der Waals surface area contributed by atoms with Gasteiger partial charge in [-0.2, -0.15) is 5.10 Å². The highest BCUT2D eigenvalue weighted by Gasteiger charge is 2.18. The first-order valence-electron chi connectivity index (χ1n) is 4.74. The van der Waals surface area contributed by atoms with Crippen LogP contribution < -0.4 is 14.9 Å². The minimum absolute atomic E-state index is 0.133. The van der Waals surface area contributed by atoms with Gasteiger partial charge in [0.2, 0.25) is 5.75 Å². The maximum atomic E-state index is 10.8. The first-order chi connectivity index (χ1) is 8.13. The lowest BCUT2D eigenvalue weighted by Crippen LogP contribution is -2.00. The number of nitro benzene ring substituents is 1. The number of hydrogen-bond donors (Lipinski definition) is 1. The Balaban J connectivity index is 3.33. The summed E-state index contributed by atoms with van der Waals surface area (Å²) in [4.78, 5) is 10.3. The Morgan fingerprint density at radius 2 is 2.00 bits per heavy atom. The number of nitrogens with one attached hydrogen (secondary N) is 1. The van der Waals surface area contributed by atoms with Crippen LogP contribution in [0.15, 0.2) is 17.2 Å². The number of nitrogens with zero attached hydrogens (tertiary/aromatic N) is 2. The quantitative estimate of drug-likeness (QED) is 0.473. The fourth-order valence-electron chi connectivity index (χ4n) is 1.28. The Morgan fingerprint density at radius 3 is 2.47 bits per heavy atom. The first-order valence-corrected chi connectivity index (χ1v) is 4.74. The monoisotopic (exact) mass is 239 g/mol. The van der Waals surface area contributed by atoms with E-state index in [1.807, 2.05) is 0 Å². The Bertz CT molecular complexity index is 445. The van der Waals surface area contributed by atoms with Crippen LogP contribution >= 0.6 is 0 Å². The summed E-state index contributed by atoms with van der Waals surface area (Å²) in [6.07, 6.45) is 1.44. The Kier molecular flexibility index (Phi) is 4.27. The molecule has 0 aromatic heterocycles. The molecule has 1 N–H and O–H groups in total. The lowest BCUT2D eigenvalue weighted by atomic mass is 10.1. The molecule has 0 unspecified atom stereocenters. The van der Waals surface area contributed by atoms with Gasteiger partial charge in [-0.15, -0.1) is 0 Å². The lowest BCUT2D eigenvalue weighted by molar-refractivity contribution is -0.385. The number of benzene rings is 1. The normalized spacial score (nSPS) is 10.3. The molecule has 0 saturated heterocycles. The summed E-state index contributed by atoms with van der Waals surface area (Å²) in [6, 6.07) is 2.80. The number of methoxy groups -OCH3 is 2. The molecule has 17 heavy (non-hydrogen) atoms. The second-order valence-corrected chi connectivity index (χ2v) is 3.00. The average molecular weight is 239 g/mol. The zero-order valence-electron chi connectivity index (χ0n) is 9.76. The van der Waals surface area contributed by atoms with Crippen molar-refractivity contribution in [1.29, 1.82) is 0 Å². The largest absolute Gasteiger partial charge is 0.496 e. The first kappa shape index (κ1) is 12.8. The third-order valence-corrected chi connectivity index (χ3v) is 2.06. The lowest BCUT2D eigenvalue weighted by Gasteiger charge is -2.07. The summed E-state index contributed by atoms with van der Waals surface area (Å²) < 4.78 is 10.0. The molecule has 1 aromatic rings. The predicted octanol–water partition coefficient (Wildman–Crippen LogP) is 1.17. The number of hydrazone groups is 1. The average Bonchev–Trinajstić information content (AvgIpc) is 2.34. The summed E-state index contributed by atoms with van der Waals surface area (Å²) in [5.41, 5.74) is 2.92. The molecule has 0 atom stereocenters. The van der Waals surface area contributed by atoms with Gasteiger partial charge in [-0.3, -0.25) is 10.1 Å². The molecule has 0 bridgehead atoms. The molecule has 0 heterocycles. The molecule has 0 saturated carbocycles. The minimum Gasteiger partial charge on any atom is -0.496 e. The van der Waals surface area contributed by atoms with Crippen LogP contribution in [0, 0.1) is 10.1 Å². The van der Waals surface area contributed by atoms with Crippen LogP contribution in [-0.2, 0) is 0 Å². The van der Waals surface area contributed by atoms with E-state index in [1.54, 1.807) is 7.05 Å². The number of nitro groups is 1. The van der Waals surface area contributed by atoms with Gasteiger partial charge in [0.05, 0.1) is 25.4 Å². The summed E-state index contributed by atoms with van der Waals surface area (Å²) in [5, 5.41) is 14.6. The van der Waals surface area contributed by atoms with Crippen molar-refractivity contribution in [2.75, 3.05) is 21.3 Å². The number of ether oxygens (including phenoxy) is 2. The van der Waals surface area contributed by atoms with Crippen molar-refractivity contribution >= 4 is 11.9 Å². The van der Waals surface area contributed by atoms with E-state index < -0.39 is 4.92 Å². The van der Waals surface area contributed by atoms with Crippen LogP contribution in [0.3, 0.4) is 0 Å². The second kappa shape index (κ2) is 5.69. The SMILES string of the molecule is CN/N=C/c1cc([N+](=O)[O-])c(OC)cc1OC. The van der Waals surface area contributed by atoms with Gasteiger partial charge in [-0.05, 0) is 0 Å². The number of hydrogen-bond acceptors (Lipinski definition) is 6. The van der Waals surface area contributed by atoms with E-state index in [0.717, 1.165) is 0 Å². The fourth-order valence-corrected chi connectivity index (χ4v) is 1.28. The molecule has 7 nitrogen and oxygen atoms in total. The Hall–Kier alpha value is -2.31. The standard InChI is InChI=1S/C10H13N3O4/c1-11-12-6-7-4-8(13(14)15)10(17-3)5-9(7)16-2/h4-6,11H,1-3H3/b12-6+. The topological polar surface area (TPSA) is 86.0 Å². The van der Waals surface area contributed by atoms with E-state index in [2.05, 4.69) is 10.5 Å². The van der Waals surface area contributed by atoms with Gasteiger partial charge < -0.3 is 14.9 Å². The van der Waals surface area contributed by atoms with Crippen molar-refractivity contribution in [3.8, 4) is 11.5 Å². The van der Waals surface area contributed by atoms with E-state index in [1.165, 1.54) is 32.6 Å². The number of rotatable bonds is 5. The highest BCUT2D eigenvalue weighted by Crippen LogP contribution is 2.33. The molecule has 0 radical (unpaired) electrons. The summed E-state index contributed by atoms with van der Waals surface area (Å²) in [7, 11) is 4.46. The fraction of sp³-hybridized carbons (Fsp3) is 0.300. The maximum absolute atomic E-state index is 10.8. The van der Waals surface area contributed by atoms with E-state index >= 15 is 0 Å². The van der Waals surface area contributed by atoms with Crippen LogP contribution in [-0.4, -0.2) is 32.4 Å². The molecule has 92 valence electrons. The van der Waals surface area contributed by atoms with Crippen LogP contribution in [0.4, 0.5) is 5.69 Å². The highest BCUT2D eigenvalue weighted by atomic mass is 16.6. The third kappa shape index (κ3) is 2.83. The van der Waals surface area contributed by atoms with Gasteiger partial charge in [0.1, 0.15) is 5.75 Å². The van der Waals surface area contributed by atoms with Gasteiger partial charge in [0.15, 0.2) is 0 Å². The van der Waals surface area contributed by atoms with Gasteiger partial charge in [0.25, 0.3) is 0 Å². The molecular formula is C10H13N3O4. The summed E-state index contributed by atoms with van der Waals surface area (Å²) in [6.45, 7) is 0. The van der Waals surface area contributed by atoms with Gasteiger partial charge in [-0.1, -0.05) is 0 Å². The molecule has 7 heteroatoms. The maximum Gasteiger partial charge on any atom is 0.311 e. The van der Waals surface area contributed by atoms with Crippen molar-refractivity contribution in [1.82, 2.24) is 5.43 Å². The molecule has 0 aliphatic carbocycles. The van der Waals surface area contributed by atoms with Crippen molar-refractivity contribution < 1.29 is 14.4 Å². The van der Waals surface area contributed by atoms with Gasteiger partial charge in [0, 0.05) is 24.7 Å². The Morgan fingerprint density at radius 1 is 1.35 bits per heavy atom. The van der Waals surface area contributed by atoms with Crippen molar-refractivity contribution in [2.24, 2.45) is 5.10 Å². The van der Waals surface area contributed by atoms with Gasteiger partial charge >= 0.3 is 5.69 Å². The zero-order valence-corrected chi connectivity index (χ0v) is 9.76. The molecule has 0 fully saturated rings. The van der Waals surface area contributed by atoms with Crippen molar-refractivity contribution in [3.63, 3.8) is 0 Å². The van der Waals surface area contributed by atoms with Crippen molar-refractivity contribution in [2.45, 2.75) is 0 Å². The predicted molar refractivity (Wildman–Crippen MR) is 62.9 cm³/mol. The van der Waals surface area contributed by atoms with E-state index in [9.17, 15) is 10.1 Å². The summed E-state index contributed by atoms with van der Waals surface area (Å²) >= 11 is 0.